The molecule has 1 aliphatic rings. The smallest absolute Gasteiger partial charge is 0.316 e. The lowest BCUT2D eigenvalue weighted by molar-refractivity contribution is 0.0827. The van der Waals surface area contributed by atoms with Crippen LogP contribution in [0.2, 0.25) is 0 Å². The number of nitrogens with one attached hydrogen (secondary N) is 2. The largest absolute Gasteiger partial charge is 0.402 e. The highest BCUT2D eigenvalue weighted by Gasteiger charge is 2.19. The lowest BCUT2D eigenvalue weighted by Crippen LogP contribution is -2.35. The van der Waals surface area contributed by atoms with Crippen LogP contribution in [0.25, 0.3) is 22.8 Å². The van der Waals surface area contributed by atoms with Gasteiger partial charge >= 0.3 is 6.01 Å². The van der Waals surface area contributed by atoms with E-state index < -0.39 is 0 Å². The van der Waals surface area contributed by atoms with Gasteiger partial charge in [0.15, 0.2) is 0 Å². The molecule has 9 nitrogen and oxygen atoms in total. The fourth-order valence-corrected chi connectivity index (χ4v) is 3.35. The van der Waals surface area contributed by atoms with Crippen LogP contribution >= 0.6 is 0 Å². The third-order valence-corrected chi connectivity index (χ3v) is 5.08. The first kappa shape index (κ1) is 20.0. The summed E-state index contributed by atoms with van der Waals surface area (Å²) < 4.78 is 5.81. The highest BCUT2D eigenvalue weighted by molar-refractivity contribution is 5.94. The van der Waals surface area contributed by atoms with Crippen LogP contribution in [0.15, 0.2) is 34.9 Å². The van der Waals surface area contributed by atoms with Gasteiger partial charge < -0.3 is 20.0 Å². The molecule has 1 amide bonds. The van der Waals surface area contributed by atoms with E-state index in [-0.39, 0.29) is 8.76 Å². The van der Waals surface area contributed by atoms with E-state index in [0.29, 0.717) is 40.6 Å². The number of nitrogens with zero attached hydrogens (tertiary/aromatic N) is 5. The van der Waals surface area contributed by atoms with Gasteiger partial charge in [0.2, 0.25) is 0 Å². The van der Waals surface area contributed by atoms with Gasteiger partial charge in [0.25, 0.3) is 11.8 Å². The Balaban J connectivity index is 0.00000181. The van der Waals surface area contributed by atoms with Crippen LogP contribution in [0.1, 0.15) is 31.7 Å². The van der Waals surface area contributed by atoms with Gasteiger partial charge in [0.1, 0.15) is 5.69 Å². The van der Waals surface area contributed by atoms with Crippen molar-refractivity contribution in [2.24, 2.45) is 0 Å². The summed E-state index contributed by atoms with van der Waals surface area (Å²) in [6, 6.07) is 8.01. The minimum Gasteiger partial charge on any atom is -0.402 e. The number of hydrogen-bond donors (Lipinski definition) is 2. The van der Waals surface area contributed by atoms with Gasteiger partial charge in [-0.3, -0.25) is 9.78 Å². The Hall–Kier alpha value is -3.33. The molecule has 0 spiro atoms. The van der Waals surface area contributed by atoms with E-state index in [4.69, 9.17) is 9.40 Å². The second-order valence-electron chi connectivity index (χ2n) is 7.55. The molecule has 0 atom stereocenters. The molecule has 1 fully saturated rings. The average molecular weight is 412 g/mol. The van der Waals surface area contributed by atoms with Gasteiger partial charge in [-0.15, -0.1) is 5.10 Å². The summed E-state index contributed by atoms with van der Waals surface area (Å²) in [6.45, 7) is 3.81. The molecule has 4 rings (SSSR count). The molecule has 2 aromatic heterocycles. The van der Waals surface area contributed by atoms with Crippen LogP contribution in [0.3, 0.4) is 0 Å². The van der Waals surface area contributed by atoms with Crippen molar-refractivity contribution in [1.29, 1.82) is 0 Å². The SMILES string of the molecule is Cc1ncc(-c2ccc(C(=O)N(C)C)cc2)nc1-c1nnc(NC2CCNCC2)o1.[HH].[HH]. The van der Waals surface area contributed by atoms with E-state index in [1.807, 2.05) is 19.1 Å². The zero-order valence-electron chi connectivity index (χ0n) is 17.3. The van der Waals surface area contributed by atoms with Crippen LogP contribution in [0.4, 0.5) is 6.01 Å². The fraction of sp³-hybridized carbons (Fsp3) is 0.381. The first-order chi connectivity index (χ1) is 14.5. The van der Waals surface area contributed by atoms with Crippen molar-refractivity contribution in [3.05, 3.63) is 41.7 Å². The summed E-state index contributed by atoms with van der Waals surface area (Å²) in [4.78, 5) is 22.8. The number of rotatable bonds is 5. The highest BCUT2D eigenvalue weighted by atomic mass is 16.4. The summed E-state index contributed by atoms with van der Waals surface area (Å²) in [5.41, 5.74) is 3.40. The summed E-state index contributed by atoms with van der Waals surface area (Å²) in [7, 11) is 3.46. The van der Waals surface area contributed by atoms with Crippen molar-refractivity contribution in [1.82, 2.24) is 30.4 Å². The van der Waals surface area contributed by atoms with E-state index in [1.165, 1.54) is 0 Å². The average Bonchev–Trinajstić information content (AvgIpc) is 3.22. The number of hydrogen-bond acceptors (Lipinski definition) is 8. The number of piperidine rings is 1. The van der Waals surface area contributed by atoms with E-state index in [0.717, 1.165) is 31.5 Å². The Labute approximate surface area is 177 Å². The molecule has 0 unspecified atom stereocenters. The van der Waals surface area contributed by atoms with Crippen LogP contribution in [0.5, 0.6) is 0 Å². The van der Waals surface area contributed by atoms with Gasteiger partial charge in [0, 0.05) is 34.1 Å². The molecule has 0 aliphatic carbocycles. The highest BCUT2D eigenvalue weighted by Crippen LogP contribution is 2.25. The van der Waals surface area contributed by atoms with Crippen LogP contribution < -0.4 is 10.6 Å². The summed E-state index contributed by atoms with van der Waals surface area (Å²) in [5.74, 6) is 0.287. The topological polar surface area (TPSA) is 109 Å². The van der Waals surface area contributed by atoms with Gasteiger partial charge in [-0.05, 0) is 45.0 Å². The summed E-state index contributed by atoms with van der Waals surface area (Å²) >= 11 is 0. The Kier molecular flexibility index (Phi) is 5.71. The third kappa shape index (κ3) is 4.30. The van der Waals surface area contributed by atoms with Crippen molar-refractivity contribution in [3.63, 3.8) is 0 Å². The molecular weight excluding hydrogens is 382 g/mol. The molecule has 1 saturated heterocycles. The first-order valence-corrected chi connectivity index (χ1v) is 9.98. The lowest BCUT2D eigenvalue weighted by Gasteiger charge is -2.22. The van der Waals surface area contributed by atoms with Crippen molar-refractivity contribution in [2.75, 3.05) is 32.5 Å². The van der Waals surface area contributed by atoms with Gasteiger partial charge in [-0.2, -0.15) is 0 Å². The number of aromatic nitrogens is 4. The molecule has 1 aliphatic heterocycles. The second kappa shape index (κ2) is 8.58. The zero-order chi connectivity index (χ0) is 21.1. The molecule has 3 heterocycles. The minimum absolute atomic E-state index is 0. The van der Waals surface area contributed by atoms with Gasteiger partial charge in [-0.25, -0.2) is 4.98 Å². The van der Waals surface area contributed by atoms with Crippen molar-refractivity contribution in [3.8, 4) is 22.8 Å². The number of amides is 1. The molecule has 30 heavy (non-hydrogen) atoms. The number of aryl methyl sites for hydroxylation is 1. The lowest BCUT2D eigenvalue weighted by atomic mass is 10.1. The Bertz CT molecular complexity index is 1030. The molecular formula is C21H29N7O2. The molecule has 0 radical (unpaired) electrons. The first-order valence-electron chi connectivity index (χ1n) is 9.98. The Morgan fingerprint density at radius 2 is 1.93 bits per heavy atom. The van der Waals surface area contributed by atoms with Crippen molar-refractivity contribution in [2.45, 2.75) is 25.8 Å². The maximum absolute atomic E-state index is 12.1. The number of benzene rings is 1. The quantitative estimate of drug-likeness (QED) is 0.660. The molecule has 9 heteroatoms. The standard InChI is InChI=1S/C21H25N7O2.2H2/c1-13-18(19-26-27-21(30-19)24-16-8-10-22-11-9-16)25-17(12-23-13)14-4-6-15(7-5-14)20(29)28(2)3;;/h4-7,12,16,22H,8-11H2,1-3H3,(H,24,27);2*1H. The maximum atomic E-state index is 12.1. The normalized spacial score (nSPS) is 14.5. The maximum Gasteiger partial charge on any atom is 0.316 e. The van der Waals surface area contributed by atoms with Crippen molar-refractivity contribution >= 4 is 11.9 Å². The fourth-order valence-electron chi connectivity index (χ4n) is 3.35. The van der Waals surface area contributed by atoms with E-state index >= 15 is 0 Å². The van der Waals surface area contributed by atoms with E-state index in [1.54, 1.807) is 37.3 Å². The summed E-state index contributed by atoms with van der Waals surface area (Å²) in [5, 5.41) is 14.9. The molecule has 0 saturated carbocycles. The van der Waals surface area contributed by atoms with Crippen LogP contribution in [-0.4, -0.2) is 64.2 Å². The number of anilines is 1. The number of carbonyl (C=O) groups is 1. The monoisotopic (exact) mass is 411 g/mol. The van der Waals surface area contributed by atoms with Gasteiger partial charge in [-0.1, -0.05) is 17.2 Å². The van der Waals surface area contributed by atoms with E-state index in [2.05, 4.69) is 25.8 Å². The molecule has 3 aromatic rings. The molecule has 2 N–H and O–H groups in total. The minimum atomic E-state index is -0.0446. The van der Waals surface area contributed by atoms with Crippen molar-refractivity contribution < 1.29 is 12.1 Å². The number of carbonyl (C=O) groups excluding carboxylic acids is 1. The Morgan fingerprint density at radius 1 is 1.20 bits per heavy atom. The van der Waals surface area contributed by atoms with Gasteiger partial charge in [0.05, 0.1) is 17.6 Å². The zero-order valence-corrected chi connectivity index (χ0v) is 17.3. The Morgan fingerprint density at radius 3 is 2.63 bits per heavy atom. The van der Waals surface area contributed by atoms with Crippen LogP contribution in [-0.2, 0) is 0 Å². The van der Waals surface area contributed by atoms with Crippen LogP contribution in [0, 0.1) is 6.92 Å². The third-order valence-electron chi connectivity index (χ3n) is 5.08. The second-order valence-corrected chi connectivity index (χ2v) is 7.55. The summed E-state index contributed by atoms with van der Waals surface area (Å²) in [6.07, 6.45) is 3.73. The molecule has 1 aromatic carbocycles. The molecule has 0 bridgehead atoms. The van der Waals surface area contributed by atoms with E-state index in [9.17, 15) is 4.79 Å². The predicted molar refractivity (Wildman–Crippen MR) is 117 cm³/mol. The predicted octanol–water partition coefficient (Wildman–Crippen LogP) is 2.86. The molecule has 160 valence electrons.